The first-order valence-electron chi connectivity index (χ1n) is 16.0. The number of carbonyl (C=O) groups excluding carboxylic acids is 2. The van der Waals surface area contributed by atoms with Crippen molar-refractivity contribution >= 4 is 29.1 Å². The molecular formula is C34H34F7N3O5S. The van der Waals surface area contributed by atoms with Crippen LogP contribution in [0.15, 0.2) is 48.0 Å². The standard InChI is InChI=1S/C34H34F7N3O5S/c1-2-6-26-32(49-24-17-27(50-19-24)34(39,40)41,12-5-14-43(26)30(47)29-25(33(36,37)38)8-4-13-42-29)31(48)44-18-20-10-11-22(35)15-21(20)16-23(44)7-3-9-28(45)46/h4,8,10-11,13,15,17,19,23,26H,2-3,5-7,9,12,14,16,18H2,1H3,(H,45,46)/t23-,26+,32+/m0/s1. The summed E-state index contributed by atoms with van der Waals surface area (Å²) in [5, 5.41) is 10.4. The summed E-state index contributed by atoms with van der Waals surface area (Å²) in [6, 6.07) is 4.60. The van der Waals surface area contributed by atoms with E-state index in [1.165, 1.54) is 23.1 Å². The molecule has 0 spiro atoms. The number of pyridine rings is 1. The number of hydrogen-bond acceptors (Lipinski definition) is 6. The number of ether oxygens (including phenoxy) is 1. The van der Waals surface area contributed by atoms with Crippen LogP contribution in [0.2, 0.25) is 0 Å². The molecule has 8 nitrogen and oxygen atoms in total. The summed E-state index contributed by atoms with van der Waals surface area (Å²) in [5.74, 6) is -3.72. The number of nitrogens with zero attached hydrogens (tertiary/aromatic N) is 3. The van der Waals surface area contributed by atoms with Gasteiger partial charge in [-0.3, -0.25) is 19.4 Å². The second-order valence-corrected chi connectivity index (χ2v) is 13.3. The van der Waals surface area contributed by atoms with E-state index in [1.807, 2.05) is 0 Å². The third-order valence-corrected chi connectivity index (χ3v) is 10.1. The highest BCUT2D eigenvalue weighted by molar-refractivity contribution is 7.10. The molecule has 2 aliphatic rings. The number of rotatable bonds is 10. The van der Waals surface area contributed by atoms with Crippen molar-refractivity contribution < 1.29 is 55.0 Å². The zero-order valence-electron chi connectivity index (χ0n) is 26.8. The molecule has 1 saturated heterocycles. The second-order valence-electron chi connectivity index (χ2n) is 12.4. The van der Waals surface area contributed by atoms with Gasteiger partial charge in [0.15, 0.2) is 0 Å². The third kappa shape index (κ3) is 7.74. The fourth-order valence-electron chi connectivity index (χ4n) is 6.92. The highest BCUT2D eigenvalue weighted by atomic mass is 32.1. The lowest BCUT2D eigenvalue weighted by molar-refractivity contribution is -0.163. The molecule has 4 heterocycles. The van der Waals surface area contributed by atoms with E-state index in [-0.39, 0.29) is 63.8 Å². The summed E-state index contributed by atoms with van der Waals surface area (Å²) >= 11 is 0.339. The average molecular weight is 730 g/mol. The van der Waals surface area contributed by atoms with Crippen molar-refractivity contribution in [3.05, 3.63) is 81.1 Å². The highest BCUT2D eigenvalue weighted by Gasteiger charge is 2.57. The molecule has 2 aromatic heterocycles. The Hall–Kier alpha value is -4.21. The number of carbonyl (C=O) groups is 3. The van der Waals surface area contributed by atoms with Crippen LogP contribution in [0.3, 0.4) is 0 Å². The van der Waals surface area contributed by atoms with Crippen molar-refractivity contribution in [1.29, 1.82) is 0 Å². The van der Waals surface area contributed by atoms with Gasteiger partial charge in [-0.15, -0.1) is 11.3 Å². The molecule has 3 aromatic rings. The Kier molecular flexibility index (Phi) is 10.8. The lowest BCUT2D eigenvalue weighted by Gasteiger charge is -2.51. The molecular weight excluding hydrogens is 695 g/mol. The van der Waals surface area contributed by atoms with Crippen LogP contribution in [0.5, 0.6) is 5.75 Å². The van der Waals surface area contributed by atoms with Crippen LogP contribution in [0.4, 0.5) is 30.7 Å². The number of alkyl halides is 6. The topological polar surface area (TPSA) is 100 Å². The van der Waals surface area contributed by atoms with Gasteiger partial charge < -0.3 is 19.6 Å². The Balaban J connectivity index is 1.63. The number of carboxylic acid groups (broad SMARTS) is 1. The molecule has 0 radical (unpaired) electrons. The van der Waals surface area contributed by atoms with E-state index >= 15 is 4.79 Å². The second kappa shape index (κ2) is 14.6. The molecule has 1 aromatic carbocycles. The zero-order valence-corrected chi connectivity index (χ0v) is 27.6. The minimum atomic E-state index is -4.94. The van der Waals surface area contributed by atoms with Gasteiger partial charge in [0.2, 0.25) is 5.60 Å². The number of piperidine rings is 1. The minimum Gasteiger partial charge on any atom is -0.481 e. The Morgan fingerprint density at radius 3 is 2.46 bits per heavy atom. The van der Waals surface area contributed by atoms with Crippen LogP contribution >= 0.6 is 11.3 Å². The summed E-state index contributed by atoms with van der Waals surface area (Å²) in [6.45, 7) is 1.55. The lowest BCUT2D eigenvalue weighted by atomic mass is 9.78. The fraction of sp³-hybridized carbons (Fsp3) is 0.471. The van der Waals surface area contributed by atoms with Crippen molar-refractivity contribution in [3.63, 3.8) is 0 Å². The van der Waals surface area contributed by atoms with Crippen LogP contribution in [-0.4, -0.2) is 61.9 Å². The van der Waals surface area contributed by atoms with Gasteiger partial charge in [0.05, 0.1) is 11.6 Å². The monoisotopic (exact) mass is 729 g/mol. The summed E-state index contributed by atoms with van der Waals surface area (Å²) < 4.78 is 104. The van der Waals surface area contributed by atoms with Gasteiger partial charge in [0.1, 0.15) is 22.1 Å². The molecule has 0 bridgehead atoms. The maximum Gasteiger partial charge on any atom is 0.425 e. The molecule has 270 valence electrons. The SMILES string of the molecule is CCC[C@H]1N(C(=O)c2ncccc2C(F)(F)F)CCC[C@]1(Oc1csc(C(F)(F)F)c1)C(=O)N1Cc2ccc(F)cc2C[C@@H]1CCCC(=O)O. The molecule has 50 heavy (non-hydrogen) atoms. The molecule has 0 saturated carbocycles. The first-order chi connectivity index (χ1) is 23.5. The number of thiophene rings is 1. The highest BCUT2D eigenvalue weighted by Crippen LogP contribution is 2.43. The van der Waals surface area contributed by atoms with Crippen LogP contribution in [-0.2, 0) is 34.9 Å². The lowest BCUT2D eigenvalue weighted by Crippen LogP contribution is -2.69. The Morgan fingerprint density at radius 1 is 1.04 bits per heavy atom. The maximum atomic E-state index is 15.1. The van der Waals surface area contributed by atoms with E-state index in [4.69, 9.17) is 4.74 Å². The molecule has 1 N–H and O–H groups in total. The van der Waals surface area contributed by atoms with E-state index in [1.54, 1.807) is 6.92 Å². The zero-order chi connectivity index (χ0) is 36.4. The van der Waals surface area contributed by atoms with Gasteiger partial charge in [-0.1, -0.05) is 19.4 Å². The fourth-order valence-corrected chi connectivity index (χ4v) is 7.60. The molecule has 1 fully saturated rings. The summed E-state index contributed by atoms with van der Waals surface area (Å²) in [4.78, 5) is 45.8. The molecule has 2 amide bonds. The summed E-state index contributed by atoms with van der Waals surface area (Å²) in [5.41, 5.74) is -3.06. The average Bonchev–Trinajstić information content (AvgIpc) is 3.53. The number of aliphatic carboxylic acids is 1. The van der Waals surface area contributed by atoms with Crippen LogP contribution in [0.25, 0.3) is 0 Å². The predicted molar refractivity (Wildman–Crippen MR) is 167 cm³/mol. The Labute approximate surface area is 286 Å². The van der Waals surface area contributed by atoms with Crippen LogP contribution in [0.1, 0.15) is 83.9 Å². The van der Waals surface area contributed by atoms with Crippen LogP contribution in [0, 0.1) is 5.82 Å². The van der Waals surface area contributed by atoms with Gasteiger partial charge in [-0.05, 0) is 67.5 Å². The molecule has 3 atom stereocenters. The van der Waals surface area contributed by atoms with Crippen LogP contribution < -0.4 is 4.74 Å². The van der Waals surface area contributed by atoms with Crippen molar-refractivity contribution in [2.75, 3.05) is 6.54 Å². The number of fused-ring (bicyclic) bond motifs is 1. The smallest absolute Gasteiger partial charge is 0.425 e. The van der Waals surface area contributed by atoms with Crippen molar-refractivity contribution in [2.24, 2.45) is 0 Å². The normalized spacial score (nSPS) is 21.1. The van der Waals surface area contributed by atoms with E-state index < -0.39 is 69.8 Å². The van der Waals surface area contributed by atoms with Gasteiger partial charge in [0.25, 0.3) is 11.8 Å². The minimum absolute atomic E-state index is 0.0290. The third-order valence-electron chi connectivity index (χ3n) is 9.11. The first-order valence-corrected chi connectivity index (χ1v) is 16.9. The number of benzene rings is 1. The number of aromatic nitrogens is 1. The number of likely N-dealkylation sites (tertiary alicyclic amines) is 1. The maximum absolute atomic E-state index is 15.1. The van der Waals surface area contributed by atoms with Gasteiger partial charge in [-0.25, -0.2) is 4.39 Å². The van der Waals surface area contributed by atoms with E-state index in [0.717, 1.165) is 28.6 Å². The van der Waals surface area contributed by atoms with E-state index in [9.17, 15) is 45.4 Å². The number of hydrogen-bond donors (Lipinski definition) is 1. The Bertz CT molecular complexity index is 1730. The molecule has 2 aliphatic heterocycles. The van der Waals surface area contributed by atoms with Gasteiger partial charge in [-0.2, -0.15) is 26.3 Å². The molecule has 16 heteroatoms. The summed E-state index contributed by atoms with van der Waals surface area (Å²) in [7, 11) is 0. The van der Waals surface area contributed by atoms with Gasteiger partial charge in [0, 0.05) is 49.6 Å². The predicted octanol–water partition coefficient (Wildman–Crippen LogP) is 7.75. The molecule has 5 rings (SSSR count). The van der Waals surface area contributed by atoms with Crippen molar-refractivity contribution in [1.82, 2.24) is 14.8 Å². The van der Waals surface area contributed by atoms with E-state index in [2.05, 4.69) is 4.98 Å². The van der Waals surface area contributed by atoms with E-state index in [0.29, 0.717) is 35.0 Å². The largest absolute Gasteiger partial charge is 0.481 e. The number of carboxylic acids is 1. The number of amides is 2. The number of halogens is 7. The van der Waals surface area contributed by atoms with Gasteiger partial charge >= 0.3 is 18.3 Å². The molecule has 0 aliphatic carbocycles. The van der Waals surface area contributed by atoms with Crippen molar-refractivity contribution in [3.8, 4) is 5.75 Å². The molecule has 0 unspecified atom stereocenters. The quantitative estimate of drug-likeness (QED) is 0.214. The van der Waals surface area contributed by atoms with Crippen molar-refractivity contribution in [2.45, 2.75) is 94.9 Å². The summed E-state index contributed by atoms with van der Waals surface area (Å²) in [6.07, 6.45) is -8.12. The first kappa shape index (κ1) is 37.1. The Morgan fingerprint density at radius 2 is 1.80 bits per heavy atom.